The molecule has 0 unspecified atom stereocenters. The van der Waals surface area contributed by atoms with Crippen molar-refractivity contribution in [3.63, 3.8) is 0 Å². The Morgan fingerprint density at radius 3 is 2.92 bits per heavy atom. The van der Waals surface area contributed by atoms with E-state index < -0.39 is 22.2 Å². The highest BCUT2D eigenvalue weighted by Gasteiger charge is 2.24. The van der Waals surface area contributed by atoms with Crippen LogP contribution in [0.2, 0.25) is 0 Å². The van der Waals surface area contributed by atoms with Gasteiger partial charge in [0.25, 0.3) is 5.91 Å². The van der Waals surface area contributed by atoms with Crippen LogP contribution in [-0.2, 0) is 13.7 Å². The molecule has 2 aromatic heterocycles. The van der Waals surface area contributed by atoms with Crippen molar-refractivity contribution < 1.29 is 19.9 Å². The quantitative estimate of drug-likeness (QED) is 0.394. The van der Waals surface area contributed by atoms with Gasteiger partial charge in [0.05, 0.1) is 23.4 Å². The Balaban J connectivity index is 2.23. The molecule has 0 aliphatic carbocycles. The van der Waals surface area contributed by atoms with E-state index in [1.807, 2.05) is 0 Å². The molecule has 126 valence electrons. The monoisotopic (exact) mass is 334 g/mol. The summed E-state index contributed by atoms with van der Waals surface area (Å²) in [6.07, 6.45) is 3.57. The molecule has 0 aromatic carbocycles. The standard InChI is InChI=1S/C13H14N6O5/c1-7-12(21)9(8(6-20)3-14-7)4-15-16-13(22)11-10(19(23)24)5-18(2)17-11/h3-5,20-21H,6H2,1-2H3,(H,16,22)/b15-4+. The van der Waals surface area contributed by atoms with Gasteiger partial charge in [-0.05, 0) is 6.92 Å². The number of hydrogen-bond donors (Lipinski definition) is 3. The molecule has 1 amide bonds. The molecule has 0 aliphatic heterocycles. The highest BCUT2D eigenvalue weighted by Crippen LogP contribution is 2.22. The van der Waals surface area contributed by atoms with Gasteiger partial charge < -0.3 is 10.2 Å². The van der Waals surface area contributed by atoms with Crippen molar-refractivity contribution in [2.24, 2.45) is 12.1 Å². The minimum atomic E-state index is -0.880. The van der Waals surface area contributed by atoms with Crippen LogP contribution < -0.4 is 5.43 Å². The van der Waals surface area contributed by atoms with Crippen LogP contribution >= 0.6 is 0 Å². The molecule has 2 aromatic rings. The van der Waals surface area contributed by atoms with Gasteiger partial charge in [0.15, 0.2) is 0 Å². The molecule has 3 N–H and O–H groups in total. The summed E-state index contributed by atoms with van der Waals surface area (Å²) >= 11 is 0. The average molecular weight is 334 g/mol. The van der Waals surface area contributed by atoms with Crippen LogP contribution in [0, 0.1) is 17.0 Å². The maximum Gasteiger partial charge on any atom is 0.320 e. The van der Waals surface area contributed by atoms with Crippen LogP contribution in [0.15, 0.2) is 17.5 Å². The van der Waals surface area contributed by atoms with Gasteiger partial charge in [-0.1, -0.05) is 0 Å². The summed E-state index contributed by atoms with van der Waals surface area (Å²) < 4.78 is 1.14. The molecule has 2 heterocycles. The summed E-state index contributed by atoms with van der Waals surface area (Å²) in [6.45, 7) is 1.17. The second kappa shape index (κ2) is 6.83. The molecule has 0 bridgehead atoms. The van der Waals surface area contributed by atoms with Gasteiger partial charge >= 0.3 is 5.69 Å². The number of pyridine rings is 1. The number of nitro groups is 1. The number of carbonyl (C=O) groups excluding carboxylic acids is 1. The Bertz CT molecular complexity index is 829. The highest BCUT2D eigenvalue weighted by atomic mass is 16.6. The van der Waals surface area contributed by atoms with Gasteiger partial charge in [-0.3, -0.25) is 24.6 Å². The van der Waals surface area contributed by atoms with E-state index >= 15 is 0 Å². The molecular formula is C13H14N6O5. The van der Waals surface area contributed by atoms with Crippen LogP contribution in [0.5, 0.6) is 5.75 Å². The molecule has 0 atom stereocenters. The van der Waals surface area contributed by atoms with Gasteiger partial charge in [0.1, 0.15) is 11.9 Å². The van der Waals surface area contributed by atoms with Gasteiger partial charge in [0.2, 0.25) is 5.69 Å². The summed E-state index contributed by atoms with van der Waals surface area (Å²) in [5.74, 6) is -1.07. The minimum absolute atomic E-state index is 0.181. The number of rotatable bonds is 5. The summed E-state index contributed by atoms with van der Waals surface area (Å²) in [7, 11) is 1.44. The lowest BCUT2D eigenvalue weighted by Gasteiger charge is -2.06. The maximum atomic E-state index is 12.0. The van der Waals surface area contributed by atoms with Crippen molar-refractivity contribution in [2.45, 2.75) is 13.5 Å². The third kappa shape index (κ3) is 3.35. The first kappa shape index (κ1) is 17.0. The lowest BCUT2D eigenvalue weighted by atomic mass is 10.1. The fourth-order valence-corrected chi connectivity index (χ4v) is 1.90. The van der Waals surface area contributed by atoms with Crippen LogP contribution in [0.4, 0.5) is 5.69 Å². The van der Waals surface area contributed by atoms with Crippen molar-refractivity contribution in [2.75, 3.05) is 0 Å². The van der Waals surface area contributed by atoms with E-state index in [1.165, 1.54) is 13.2 Å². The molecular weight excluding hydrogens is 320 g/mol. The molecule has 11 heteroatoms. The number of amides is 1. The Kier molecular flexibility index (Phi) is 4.84. The molecule has 0 saturated heterocycles. The van der Waals surface area contributed by atoms with E-state index in [4.69, 9.17) is 0 Å². The molecule has 24 heavy (non-hydrogen) atoms. The Morgan fingerprint density at radius 1 is 1.58 bits per heavy atom. The number of hydrogen-bond acceptors (Lipinski definition) is 8. The third-order valence-electron chi connectivity index (χ3n) is 3.11. The zero-order chi connectivity index (χ0) is 17.9. The lowest BCUT2D eigenvalue weighted by molar-refractivity contribution is -0.385. The number of aliphatic hydroxyl groups is 1. The van der Waals surface area contributed by atoms with E-state index in [2.05, 4.69) is 20.6 Å². The molecule has 11 nitrogen and oxygen atoms in total. The molecule has 0 aliphatic rings. The molecule has 0 spiro atoms. The van der Waals surface area contributed by atoms with E-state index in [0.717, 1.165) is 17.1 Å². The number of nitrogens with one attached hydrogen (secondary N) is 1. The summed E-state index contributed by atoms with van der Waals surface area (Å²) in [4.78, 5) is 26.0. The fraction of sp³-hybridized carbons (Fsp3) is 0.231. The van der Waals surface area contributed by atoms with Crippen LogP contribution in [0.1, 0.15) is 27.3 Å². The molecule has 0 fully saturated rings. The number of hydrazone groups is 1. The number of carbonyl (C=O) groups is 1. The van der Waals surface area contributed by atoms with Crippen molar-refractivity contribution >= 4 is 17.8 Å². The number of aromatic hydroxyl groups is 1. The normalized spacial score (nSPS) is 11.0. The number of aromatic nitrogens is 3. The lowest BCUT2D eigenvalue weighted by Crippen LogP contribution is -2.19. The predicted molar refractivity (Wildman–Crippen MR) is 81.5 cm³/mol. The third-order valence-corrected chi connectivity index (χ3v) is 3.11. The first-order chi connectivity index (χ1) is 11.3. The van der Waals surface area contributed by atoms with Crippen LogP contribution in [-0.4, -0.2) is 42.0 Å². The summed E-state index contributed by atoms with van der Waals surface area (Å²) in [6, 6.07) is 0. The van der Waals surface area contributed by atoms with Crippen LogP contribution in [0.3, 0.4) is 0 Å². The van der Waals surface area contributed by atoms with Crippen LogP contribution in [0.25, 0.3) is 0 Å². The molecule has 2 rings (SSSR count). The topological polar surface area (TPSA) is 156 Å². The smallest absolute Gasteiger partial charge is 0.320 e. The van der Waals surface area contributed by atoms with Gasteiger partial charge in [-0.2, -0.15) is 10.2 Å². The van der Waals surface area contributed by atoms with E-state index in [-0.39, 0.29) is 17.9 Å². The van der Waals surface area contributed by atoms with Crippen molar-refractivity contribution in [3.8, 4) is 5.75 Å². The van der Waals surface area contributed by atoms with E-state index in [0.29, 0.717) is 11.3 Å². The summed E-state index contributed by atoms with van der Waals surface area (Å²) in [5.41, 5.74) is 2.05. The van der Waals surface area contributed by atoms with Gasteiger partial charge in [-0.25, -0.2) is 5.43 Å². The van der Waals surface area contributed by atoms with Crippen molar-refractivity contribution in [1.82, 2.24) is 20.2 Å². The number of aryl methyl sites for hydroxylation is 2. The molecule has 0 radical (unpaired) electrons. The number of aliphatic hydroxyl groups excluding tert-OH is 1. The van der Waals surface area contributed by atoms with Crippen molar-refractivity contribution in [1.29, 1.82) is 0 Å². The van der Waals surface area contributed by atoms with Gasteiger partial charge in [0, 0.05) is 24.4 Å². The Morgan fingerprint density at radius 2 is 2.29 bits per heavy atom. The molecule has 0 saturated carbocycles. The van der Waals surface area contributed by atoms with Gasteiger partial charge in [-0.15, -0.1) is 0 Å². The Hall–Kier alpha value is -3.34. The first-order valence-electron chi connectivity index (χ1n) is 6.64. The van der Waals surface area contributed by atoms with Crippen molar-refractivity contribution in [3.05, 3.63) is 45.0 Å². The summed E-state index contributed by atoms with van der Waals surface area (Å²) in [5, 5.41) is 37.4. The predicted octanol–water partition coefficient (Wildman–Crippen LogP) is -0.00648. The number of nitrogens with zero attached hydrogens (tertiary/aromatic N) is 5. The maximum absolute atomic E-state index is 12.0. The largest absolute Gasteiger partial charge is 0.505 e. The second-order valence-electron chi connectivity index (χ2n) is 4.78. The Labute approximate surface area is 135 Å². The van der Waals surface area contributed by atoms with E-state index in [1.54, 1.807) is 6.92 Å². The minimum Gasteiger partial charge on any atom is -0.505 e. The fourth-order valence-electron chi connectivity index (χ4n) is 1.90. The SMILES string of the molecule is Cc1ncc(CO)c(/C=N/NC(=O)c2nn(C)cc2[N+](=O)[O-])c1O. The second-order valence-corrected chi connectivity index (χ2v) is 4.78. The zero-order valence-electron chi connectivity index (χ0n) is 12.8. The first-order valence-corrected chi connectivity index (χ1v) is 6.64. The highest BCUT2D eigenvalue weighted by molar-refractivity contribution is 5.96. The van der Waals surface area contributed by atoms with E-state index in [9.17, 15) is 25.1 Å². The zero-order valence-corrected chi connectivity index (χ0v) is 12.8. The average Bonchev–Trinajstić information content (AvgIpc) is 2.94.